The zero-order chi connectivity index (χ0) is 24.8. The molecule has 2 N–H and O–H groups in total. The Hall–Kier alpha value is -3.85. The van der Waals surface area contributed by atoms with E-state index in [1.807, 2.05) is 30.0 Å². The van der Waals surface area contributed by atoms with Crippen molar-refractivity contribution in [3.63, 3.8) is 0 Å². The zero-order valence-electron chi connectivity index (χ0n) is 19.4. The van der Waals surface area contributed by atoms with Gasteiger partial charge in [0.15, 0.2) is 0 Å². The molecule has 0 atom stereocenters. The largest absolute Gasteiger partial charge is 0.494 e. The Labute approximate surface area is 205 Å². The van der Waals surface area contributed by atoms with Crippen molar-refractivity contribution in [3.05, 3.63) is 83.9 Å². The van der Waals surface area contributed by atoms with Crippen LogP contribution in [0.15, 0.2) is 77.7 Å². The van der Waals surface area contributed by atoms with Crippen molar-refractivity contribution in [1.82, 2.24) is 4.90 Å². The highest BCUT2D eigenvalue weighted by Gasteiger charge is 2.20. The Morgan fingerprint density at radius 1 is 1.00 bits per heavy atom. The summed E-state index contributed by atoms with van der Waals surface area (Å²) >= 11 is 0. The quantitative estimate of drug-likeness (QED) is 0.463. The summed E-state index contributed by atoms with van der Waals surface area (Å²) in [7, 11) is -3.78. The first-order valence-corrected chi connectivity index (χ1v) is 12.9. The van der Waals surface area contributed by atoms with E-state index in [0.29, 0.717) is 42.3 Å². The van der Waals surface area contributed by atoms with Crippen LogP contribution in [0.3, 0.4) is 0 Å². The number of nitrogens with one attached hydrogen (secondary N) is 2. The number of nitrogens with zero attached hydrogens (tertiary/aromatic N) is 1. The summed E-state index contributed by atoms with van der Waals surface area (Å²) < 4.78 is 33.2. The summed E-state index contributed by atoms with van der Waals surface area (Å²) in [5.74, 6) is 0.426. The minimum absolute atomic E-state index is 0.110. The molecule has 0 radical (unpaired) electrons. The first-order valence-electron chi connectivity index (χ1n) is 11.4. The highest BCUT2D eigenvalue weighted by Crippen LogP contribution is 2.21. The van der Waals surface area contributed by atoms with Crippen LogP contribution in [0.5, 0.6) is 5.75 Å². The van der Waals surface area contributed by atoms with E-state index in [9.17, 15) is 18.0 Å². The zero-order valence-corrected chi connectivity index (χ0v) is 20.2. The molecule has 3 aromatic carbocycles. The number of carbonyl (C=O) groups is 2. The first-order chi connectivity index (χ1) is 16.8. The van der Waals surface area contributed by atoms with Crippen LogP contribution in [0.2, 0.25) is 0 Å². The molecule has 0 unspecified atom stereocenters. The SMILES string of the molecule is CCOc1ccc(S(=O)(=O)Nc2ccc(C(=O)Nc3cccc(CN4CCCC4=O)c3)cc2)cc1. The lowest BCUT2D eigenvalue weighted by molar-refractivity contribution is -0.128. The molecule has 1 aliphatic rings. The van der Waals surface area contributed by atoms with Crippen molar-refractivity contribution in [2.75, 3.05) is 23.2 Å². The van der Waals surface area contributed by atoms with Gasteiger partial charge in [0.1, 0.15) is 5.75 Å². The van der Waals surface area contributed by atoms with Crippen molar-refractivity contribution in [3.8, 4) is 5.75 Å². The fraction of sp³-hybridized carbons (Fsp3) is 0.231. The molecular weight excluding hydrogens is 466 g/mol. The van der Waals surface area contributed by atoms with E-state index < -0.39 is 10.0 Å². The molecule has 9 heteroatoms. The Kier molecular flexibility index (Phi) is 7.36. The Morgan fingerprint density at radius 2 is 1.74 bits per heavy atom. The molecule has 3 aromatic rings. The summed E-state index contributed by atoms with van der Waals surface area (Å²) in [6.07, 6.45) is 1.46. The fourth-order valence-corrected chi connectivity index (χ4v) is 4.89. The van der Waals surface area contributed by atoms with Gasteiger partial charge in [0.25, 0.3) is 15.9 Å². The number of benzene rings is 3. The Morgan fingerprint density at radius 3 is 2.40 bits per heavy atom. The maximum Gasteiger partial charge on any atom is 0.261 e. The third-order valence-corrected chi connectivity index (χ3v) is 6.97. The predicted octanol–water partition coefficient (Wildman–Crippen LogP) is 4.26. The van der Waals surface area contributed by atoms with Gasteiger partial charge in [0.05, 0.1) is 11.5 Å². The van der Waals surface area contributed by atoms with Gasteiger partial charge < -0.3 is 15.0 Å². The van der Waals surface area contributed by atoms with Crippen molar-refractivity contribution < 1.29 is 22.7 Å². The lowest BCUT2D eigenvalue weighted by Crippen LogP contribution is -2.23. The summed E-state index contributed by atoms with van der Waals surface area (Å²) in [5, 5.41) is 2.85. The molecule has 0 saturated carbocycles. The van der Waals surface area contributed by atoms with Gasteiger partial charge in [0, 0.05) is 36.4 Å². The summed E-state index contributed by atoms with van der Waals surface area (Å²) in [4.78, 5) is 26.5. The molecule has 1 aliphatic heterocycles. The molecule has 1 fully saturated rings. The molecule has 0 bridgehead atoms. The number of carbonyl (C=O) groups excluding carboxylic acids is 2. The average Bonchev–Trinajstić information content (AvgIpc) is 3.24. The molecule has 0 spiro atoms. The van der Waals surface area contributed by atoms with E-state index in [1.165, 1.54) is 24.3 Å². The predicted molar refractivity (Wildman–Crippen MR) is 134 cm³/mol. The van der Waals surface area contributed by atoms with E-state index in [1.54, 1.807) is 30.3 Å². The lowest BCUT2D eigenvalue weighted by Gasteiger charge is -2.16. The van der Waals surface area contributed by atoms with Crippen LogP contribution >= 0.6 is 0 Å². The summed E-state index contributed by atoms with van der Waals surface area (Å²) in [6, 6.07) is 19.7. The number of hydrogen-bond acceptors (Lipinski definition) is 5. The van der Waals surface area contributed by atoms with Crippen LogP contribution in [0.25, 0.3) is 0 Å². The van der Waals surface area contributed by atoms with Crippen molar-refractivity contribution >= 4 is 33.2 Å². The molecule has 4 rings (SSSR count). The van der Waals surface area contributed by atoms with Gasteiger partial charge in [-0.2, -0.15) is 0 Å². The number of likely N-dealkylation sites (tertiary alicyclic amines) is 1. The maximum atomic E-state index is 12.7. The lowest BCUT2D eigenvalue weighted by atomic mass is 10.1. The first kappa shape index (κ1) is 24.3. The second kappa shape index (κ2) is 10.6. The van der Waals surface area contributed by atoms with Gasteiger partial charge >= 0.3 is 0 Å². The molecule has 182 valence electrons. The minimum atomic E-state index is -3.78. The molecule has 8 nitrogen and oxygen atoms in total. The third kappa shape index (κ3) is 6.19. The number of ether oxygens (including phenoxy) is 1. The molecule has 1 saturated heterocycles. The number of amides is 2. The van der Waals surface area contributed by atoms with Crippen molar-refractivity contribution in [2.45, 2.75) is 31.2 Å². The minimum Gasteiger partial charge on any atom is -0.494 e. The molecule has 1 heterocycles. The third-order valence-electron chi connectivity index (χ3n) is 5.57. The highest BCUT2D eigenvalue weighted by molar-refractivity contribution is 7.92. The number of hydrogen-bond donors (Lipinski definition) is 2. The molecule has 0 aliphatic carbocycles. The van der Waals surface area contributed by atoms with E-state index in [2.05, 4.69) is 10.0 Å². The molecule has 35 heavy (non-hydrogen) atoms. The van der Waals surface area contributed by atoms with Crippen LogP contribution in [0.1, 0.15) is 35.7 Å². The second-order valence-corrected chi connectivity index (χ2v) is 9.84. The standard InChI is InChI=1S/C26H27N3O5S/c1-2-34-23-12-14-24(15-13-23)35(32,33)28-21-10-8-20(9-11-21)26(31)27-22-6-3-5-19(17-22)18-29-16-4-7-25(29)30/h3,5-6,8-15,17,28H,2,4,7,16,18H2,1H3,(H,27,31). The maximum absolute atomic E-state index is 12.7. The normalized spacial score (nSPS) is 13.5. The smallest absolute Gasteiger partial charge is 0.261 e. The van der Waals surface area contributed by atoms with Crippen LogP contribution in [-0.2, 0) is 21.4 Å². The van der Waals surface area contributed by atoms with Crippen molar-refractivity contribution in [1.29, 1.82) is 0 Å². The van der Waals surface area contributed by atoms with E-state index in [0.717, 1.165) is 18.5 Å². The summed E-state index contributed by atoms with van der Waals surface area (Å²) in [6.45, 7) is 3.62. The molecule has 2 amide bonds. The van der Waals surface area contributed by atoms with E-state index in [-0.39, 0.29) is 16.7 Å². The average molecular weight is 494 g/mol. The Balaban J connectivity index is 1.38. The molecular formula is C26H27N3O5S. The van der Waals surface area contributed by atoms with Crippen LogP contribution < -0.4 is 14.8 Å². The number of rotatable bonds is 9. The van der Waals surface area contributed by atoms with Gasteiger partial charge in [-0.15, -0.1) is 0 Å². The van der Waals surface area contributed by atoms with Gasteiger partial charge in [0.2, 0.25) is 5.91 Å². The van der Waals surface area contributed by atoms with E-state index >= 15 is 0 Å². The monoisotopic (exact) mass is 493 g/mol. The van der Waals surface area contributed by atoms with Gasteiger partial charge in [-0.1, -0.05) is 12.1 Å². The molecule has 0 aromatic heterocycles. The van der Waals surface area contributed by atoms with E-state index in [4.69, 9.17) is 4.74 Å². The van der Waals surface area contributed by atoms with Crippen LogP contribution in [0.4, 0.5) is 11.4 Å². The van der Waals surface area contributed by atoms with Crippen LogP contribution in [0, 0.1) is 0 Å². The highest BCUT2D eigenvalue weighted by atomic mass is 32.2. The van der Waals surface area contributed by atoms with Crippen molar-refractivity contribution in [2.24, 2.45) is 0 Å². The number of sulfonamides is 1. The summed E-state index contributed by atoms with van der Waals surface area (Å²) in [5.41, 5.74) is 2.29. The van der Waals surface area contributed by atoms with Crippen LogP contribution in [-0.4, -0.2) is 38.3 Å². The van der Waals surface area contributed by atoms with Gasteiger partial charge in [-0.25, -0.2) is 8.42 Å². The fourth-order valence-electron chi connectivity index (χ4n) is 3.83. The topological polar surface area (TPSA) is 105 Å². The second-order valence-electron chi connectivity index (χ2n) is 8.16. The van der Waals surface area contributed by atoms with Gasteiger partial charge in [-0.05, 0) is 79.6 Å². The van der Waals surface area contributed by atoms with Gasteiger partial charge in [-0.3, -0.25) is 14.3 Å². The Bertz CT molecular complexity index is 1310. The number of anilines is 2.